The second-order valence-electron chi connectivity index (χ2n) is 7.72. The number of hydrogen-bond donors (Lipinski definition) is 2. The monoisotopic (exact) mass is 330 g/mol. The number of amides is 1. The maximum absolute atomic E-state index is 12.7. The summed E-state index contributed by atoms with van der Waals surface area (Å²) in [7, 11) is 2.15. The number of rotatable bonds is 6. The molecule has 5 nitrogen and oxygen atoms in total. The molecule has 1 fully saturated rings. The first-order chi connectivity index (χ1) is 11.5. The van der Waals surface area contributed by atoms with Gasteiger partial charge in [-0.05, 0) is 49.8 Å². The lowest BCUT2D eigenvalue weighted by atomic mass is 10.0. The van der Waals surface area contributed by atoms with Crippen molar-refractivity contribution in [1.82, 2.24) is 15.2 Å². The van der Waals surface area contributed by atoms with Crippen molar-refractivity contribution in [2.45, 2.75) is 39.5 Å². The third-order valence-electron chi connectivity index (χ3n) is 4.85. The van der Waals surface area contributed by atoms with Crippen molar-refractivity contribution in [2.75, 3.05) is 38.5 Å². The van der Waals surface area contributed by atoms with Gasteiger partial charge in [-0.15, -0.1) is 0 Å². The van der Waals surface area contributed by atoms with E-state index in [2.05, 4.69) is 42.5 Å². The van der Waals surface area contributed by atoms with Crippen molar-refractivity contribution in [3.8, 4) is 0 Å². The Labute approximate surface area is 145 Å². The molecule has 2 aliphatic rings. The summed E-state index contributed by atoms with van der Waals surface area (Å²) in [5.74, 6) is 1.96. The quantitative estimate of drug-likeness (QED) is 0.840. The van der Waals surface area contributed by atoms with Crippen molar-refractivity contribution in [2.24, 2.45) is 11.8 Å². The number of carbonyl (C=O) groups excluding carboxylic acids is 1. The second-order valence-corrected chi connectivity index (χ2v) is 7.72. The SMILES string of the molecule is CC(C)CNc1nc2c(cc1C(=O)NCC1CC1)CCN(C)CC2. The minimum atomic E-state index is 0.0149. The van der Waals surface area contributed by atoms with E-state index in [4.69, 9.17) is 4.98 Å². The molecule has 2 heterocycles. The molecule has 0 unspecified atom stereocenters. The first-order valence-corrected chi connectivity index (χ1v) is 9.26. The van der Waals surface area contributed by atoms with Gasteiger partial charge in [0, 0.05) is 38.3 Å². The molecule has 0 saturated heterocycles. The lowest BCUT2D eigenvalue weighted by molar-refractivity contribution is 0.0952. The lowest BCUT2D eigenvalue weighted by Gasteiger charge is -2.16. The number of fused-ring (bicyclic) bond motifs is 1. The highest BCUT2D eigenvalue weighted by molar-refractivity contribution is 5.99. The summed E-state index contributed by atoms with van der Waals surface area (Å²) >= 11 is 0. The van der Waals surface area contributed by atoms with Crippen LogP contribution in [0.4, 0.5) is 5.82 Å². The van der Waals surface area contributed by atoms with Crippen molar-refractivity contribution >= 4 is 11.7 Å². The van der Waals surface area contributed by atoms with E-state index in [0.29, 0.717) is 17.4 Å². The predicted molar refractivity (Wildman–Crippen MR) is 97.5 cm³/mol. The molecule has 0 aromatic carbocycles. The Morgan fingerprint density at radius 2 is 2.08 bits per heavy atom. The largest absolute Gasteiger partial charge is 0.369 e. The molecule has 1 aromatic rings. The van der Waals surface area contributed by atoms with Crippen LogP contribution in [0.15, 0.2) is 6.07 Å². The standard InChI is InChI=1S/C19H30N4O/c1-13(2)11-20-18-16(19(24)21-12-14-4-5-14)10-15-6-8-23(3)9-7-17(15)22-18/h10,13-14H,4-9,11-12H2,1-3H3,(H,20,22)(H,21,24). The molecule has 1 saturated carbocycles. The minimum absolute atomic E-state index is 0.0149. The second kappa shape index (κ2) is 7.51. The fraction of sp³-hybridized carbons (Fsp3) is 0.684. The summed E-state index contributed by atoms with van der Waals surface area (Å²) < 4.78 is 0. The Morgan fingerprint density at radius 1 is 1.33 bits per heavy atom. The highest BCUT2D eigenvalue weighted by atomic mass is 16.1. The molecule has 5 heteroatoms. The van der Waals surface area contributed by atoms with Gasteiger partial charge in [-0.1, -0.05) is 13.8 Å². The topological polar surface area (TPSA) is 57.3 Å². The Bertz CT molecular complexity index is 595. The van der Waals surface area contributed by atoms with Crippen LogP contribution in [0.1, 0.15) is 48.3 Å². The number of aromatic nitrogens is 1. The number of nitrogens with zero attached hydrogens (tertiary/aromatic N) is 2. The summed E-state index contributed by atoms with van der Waals surface area (Å²) in [6.45, 7) is 8.00. The van der Waals surface area contributed by atoms with Gasteiger partial charge >= 0.3 is 0 Å². The summed E-state index contributed by atoms with van der Waals surface area (Å²) in [6.07, 6.45) is 4.40. The highest BCUT2D eigenvalue weighted by Crippen LogP contribution is 2.28. The fourth-order valence-electron chi connectivity index (χ4n) is 3.01. The molecular formula is C19H30N4O. The van der Waals surface area contributed by atoms with Crippen molar-refractivity contribution in [1.29, 1.82) is 0 Å². The van der Waals surface area contributed by atoms with Crippen LogP contribution in [0.5, 0.6) is 0 Å². The third kappa shape index (κ3) is 4.47. The molecular weight excluding hydrogens is 300 g/mol. The highest BCUT2D eigenvalue weighted by Gasteiger charge is 2.24. The minimum Gasteiger partial charge on any atom is -0.369 e. The van der Waals surface area contributed by atoms with Gasteiger partial charge in [0.05, 0.1) is 5.56 Å². The van der Waals surface area contributed by atoms with Gasteiger partial charge in [0.2, 0.25) is 0 Å². The van der Waals surface area contributed by atoms with Gasteiger partial charge in [-0.25, -0.2) is 4.98 Å². The molecule has 0 atom stereocenters. The van der Waals surface area contributed by atoms with E-state index >= 15 is 0 Å². The molecule has 2 N–H and O–H groups in total. The number of likely N-dealkylation sites (N-methyl/N-ethyl adjacent to an activating group) is 1. The van der Waals surface area contributed by atoms with Crippen LogP contribution in [-0.4, -0.2) is 49.0 Å². The number of nitrogens with one attached hydrogen (secondary N) is 2. The van der Waals surface area contributed by atoms with E-state index in [1.54, 1.807) is 0 Å². The molecule has 24 heavy (non-hydrogen) atoms. The maximum Gasteiger partial charge on any atom is 0.255 e. The molecule has 0 radical (unpaired) electrons. The number of carbonyl (C=O) groups is 1. The normalized spacial score (nSPS) is 18.2. The number of anilines is 1. The first kappa shape index (κ1) is 17.2. The zero-order valence-electron chi connectivity index (χ0n) is 15.2. The van der Waals surface area contributed by atoms with Gasteiger partial charge in [0.1, 0.15) is 5.82 Å². The van der Waals surface area contributed by atoms with Crippen LogP contribution in [-0.2, 0) is 12.8 Å². The van der Waals surface area contributed by atoms with Crippen molar-refractivity contribution in [3.05, 3.63) is 22.9 Å². The van der Waals surface area contributed by atoms with Crippen LogP contribution < -0.4 is 10.6 Å². The third-order valence-corrected chi connectivity index (χ3v) is 4.85. The van der Waals surface area contributed by atoms with Crippen molar-refractivity contribution < 1.29 is 4.79 Å². The van der Waals surface area contributed by atoms with E-state index in [9.17, 15) is 4.79 Å². The van der Waals surface area contributed by atoms with Gasteiger partial charge < -0.3 is 15.5 Å². The fourth-order valence-corrected chi connectivity index (χ4v) is 3.01. The van der Waals surface area contributed by atoms with E-state index in [0.717, 1.165) is 50.5 Å². The zero-order chi connectivity index (χ0) is 17.1. The zero-order valence-corrected chi connectivity index (χ0v) is 15.2. The van der Waals surface area contributed by atoms with E-state index < -0.39 is 0 Å². The van der Waals surface area contributed by atoms with Crippen LogP contribution in [0.3, 0.4) is 0 Å². The number of pyridine rings is 1. The molecule has 132 valence electrons. The van der Waals surface area contributed by atoms with E-state index in [1.807, 2.05) is 0 Å². The maximum atomic E-state index is 12.7. The summed E-state index contributed by atoms with van der Waals surface area (Å²) in [5.41, 5.74) is 3.08. The summed E-state index contributed by atoms with van der Waals surface area (Å²) in [4.78, 5) is 19.9. The Morgan fingerprint density at radius 3 is 2.79 bits per heavy atom. The van der Waals surface area contributed by atoms with Gasteiger partial charge in [-0.3, -0.25) is 4.79 Å². The Balaban J connectivity index is 1.83. The first-order valence-electron chi connectivity index (χ1n) is 9.26. The molecule has 3 rings (SSSR count). The molecule has 0 spiro atoms. The molecule has 1 aliphatic heterocycles. The van der Waals surface area contributed by atoms with Crippen LogP contribution in [0, 0.1) is 11.8 Å². The average Bonchev–Trinajstić information content (AvgIpc) is 3.38. The van der Waals surface area contributed by atoms with Crippen LogP contribution in [0.2, 0.25) is 0 Å². The molecule has 1 aliphatic carbocycles. The Kier molecular flexibility index (Phi) is 5.39. The van der Waals surface area contributed by atoms with Crippen LogP contribution in [0.25, 0.3) is 0 Å². The Hall–Kier alpha value is -1.62. The van der Waals surface area contributed by atoms with Gasteiger partial charge in [0.15, 0.2) is 0 Å². The molecule has 0 bridgehead atoms. The van der Waals surface area contributed by atoms with E-state index in [-0.39, 0.29) is 5.91 Å². The van der Waals surface area contributed by atoms with E-state index in [1.165, 1.54) is 18.4 Å². The molecule has 1 aromatic heterocycles. The van der Waals surface area contributed by atoms with Crippen LogP contribution >= 0.6 is 0 Å². The van der Waals surface area contributed by atoms with Gasteiger partial charge in [0.25, 0.3) is 5.91 Å². The lowest BCUT2D eigenvalue weighted by Crippen LogP contribution is -2.27. The smallest absolute Gasteiger partial charge is 0.255 e. The van der Waals surface area contributed by atoms with Gasteiger partial charge in [-0.2, -0.15) is 0 Å². The average molecular weight is 330 g/mol. The number of hydrogen-bond acceptors (Lipinski definition) is 4. The summed E-state index contributed by atoms with van der Waals surface area (Å²) in [5, 5.41) is 6.48. The summed E-state index contributed by atoms with van der Waals surface area (Å²) in [6, 6.07) is 2.08. The predicted octanol–water partition coefficient (Wildman–Crippen LogP) is 2.32. The van der Waals surface area contributed by atoms with Crippen molar-refractivity contribution in [3.63, 3.8) is 0 Å². The molecule has 1 amide bonds.